The van der Waals surface area contributed by atoms with Crippen molar-refractivity contribution < 1.29 is 4.79 Å². The Kier molecular flexibility index (Phi) is 4.80. The fraction of sp³-hybridized carbons (Fsp3) is 0.263. The topological polar surface area (TPSA) is 95.9 Å². The first-order chi connectivity index (χ1) is 13.2. The van der Waals surface area contributed by atoms with Crippen LogP contribution in [0.4, 0.5) is 5.69 Å². The number of amides is 1. The predicted molar refractivity (Wildman–Crippen MR) is 100 cm³/mol. The Morgan fingerprint density at radius 3 is 2.81 bits per heavy atom. The van der Waals surface area contributed by atoms with Gasteiger partial charge in [0.15, 0.2) is 0 Å². The van der Waals surface area contributed by atoms with Crippen LogP contribution in [0.3, 0.4) is 0 Å². The molecule has 1 aliphatic heterocycles. The summed E-state index contributed by atoms with van der Waals surface area (Å²) in [5, 5.41) is 12.4. The highest BCUT2D eigenvalue weighted by Gasteiger charge is 2.30. The molecule has 0 saturated carbocycles. The van der Waals surface area contributed by atoms with E-state index >= 15 is 0 Å². The summed E-state index contributed by atoms with van der Waals surface area (Å²) in [7, 11) is 0. The Bertz CT molecular complexity index is 981. The minimum Gasteiger partial charge on any atom is -0.325 e. The van der Waals surface area contributed by atoms with E-state index in [1.165, 1.54) is 5.56 Å². The lowest BCUT2D eigenvalue weighted by atomic mass is 10.1. The van der Waals surface area contributed by atoms with Gasteiger partial charge in [-0.1, -0.05) is 36.4 Å². The number of H-pyrrole nitrogens is 1. The smallest absolute Gasteiger partial charge is 0.325 e. The summed E-state index contributed by atoms with van der Waals surface area (Å²) in [6.45, 7) is 1.66. The Balaban J connectivity index is 1.47. The fourth-order valence-corrected chi connectivity index (χ4v) is 3.44. The molecule has 27 heavy (non-hydrogen) atoms. The van der Waals surface area contributed by atoms with Crippen LogP contribution in [-0.4, -0.2) is 43.6 Å². The summed E-state index contributed by atoms with van der Waals surface area (Å²) in [6, 6.07) is 17.0. The van der Waals surface area contributed by atoms with Crippen LogP contribution >= 0.6 is 0 Å². The summed E-state index contributed by atoms with van der Waals surface area (Å²) in [5.74, 6) is -0.0342. The number of nitrogens with one attached hydrogen (secondary N) is 2. The molecule has 1 atom stereocenters. The van der Waals surface area contributed by atoms with Gasteiger partial charge in [0.1, 0.15) is 0 Å². The standard InChI is InChI=1S/C19H20N6O2/c26-18(17-10-5-11-24(17)13-14-6-2-1-3-7-14)20-15-8-4-9-16(12-15)25-19(27)21-22-23-25/h1-4,6-9,12,17H,5,10-11,13H2,(H,20,26)(H,21,23,27). The molecule has 8 heteroatoms. The summed E-state index contributed by atoms with van der Waals surface area (Å²) in [4.78, 5) is 26.7. The number of aromatic amines is 1. The van der Waals surface area contributed by atoms with Crippen molar-refractivity contribution in [3.05, 3.63) is 70.6 Å². The van der Waals surface area contributed by atoms with Crippen LogP contribution in [-0.2, 0) is 11.3 Å². The van der Waals surface area contributed by atoms with Gasteiger partial charge in [-0.3, -0.25) is 9.69 Å². The predicted octanol–water partition coefficient (Wildman–Crippen LogP) is 1.56. The first-order valence-corrected chi connectivity index (χ1v) is 8.90. The molecule has 1 amide bonds. The molecule has 2 heterocycles. The number of likely N-dealkylation sites (tertiary alicyclic amines) is 1. The Hall–Kier alpha value is -3.26. The molecule has 2 aromatic carbocycles. The molecule has 2 N–H and O–H groups in total. The van der Waals surface area contributed by atoms with Crippen molar-refractivity contribution in [1.82, 2.24) is 25.1 Å². The number of nitrogens with zero attached hydrogens (tertiary/aromatic N) is 4. The largest absolute Gasteiger partial charge is 0.365 e. The highest BCUT2D eigenvalue weighted by molar-refractivity contribution is 5.95. The molecule has 1 aliphatic rings. The van der Waals surface area contributed by atoms with Crippen molar-refractivity contribution in [1.29, 1.82) is 0 Å². The second-order valence-electron chi connectivity index (χ2n) is 6.57. The van der Waals surface area contributed by atoms with Gasteiger partial charge in [-0.05, 0) is 53.6 Å². The number of carbonyl (C=O) groups is 1. The summed E-state index contributed by atoms with van der Waals surface area (Å²) < 4.78 is 1.15. The van der Waals surface area contributed by atoms with Gasteiger partial charge in [0.25, 0.3) is 0 Å². The third-order valence-electron chi connectivity index (χ3n) is 4.73. The van der Waals surface area contributed by atoms with E-state index in [9.17, 15) is 9.59 Å². The molecule has 1 aromatic heterocycles. The maximum Gasteiger partial charge on any atom is 0.365 e. The molecule has 0 spiro atoms. The normalized spacial score (nSPS) is 17.1. The van der Waals surface area contributed by atoms with Crippen molar-refractivity contribution in [2.45, 2.75) is 25.4 Å². The minimum atomic E-state index is -0.427. The number of anilines is 1. The van der Waals surface area contributed by atoms with E-state index < -0.39 is 5.69 Å². The number of benzene rings is 2. The van der Waals surface area contributed by atoms with Crippen molar-refractivity contribution in [3.63, 3.8) is 0 Å². The van der Waals surface area contributed by atoms with Gasteiger partial charge in [0.2, 0.25) is 5.91 Å². The van der Waals surface area contributed by atoms with E-state index in [0.717, 1.165) is 30.6 Å². The van der Waals surface area contributed by atoms with Gasteiger partial charge in [0, 0.05) is 12.2 Å². The van der Waals surface area contributed by atoms with Gasteiger partial charge < -0.3 is 5.32 Å². The molecule has 0 aliphatic carbocycles. The van der Waals surface area contributed by atoms with Gasteiger partial charge in [0.05, 0.1) is 11.7 Å². The first-order valence-electron chi connectivity index (χ1n) is 8.90. The average molecular weight is 364 g/mol. The van der Waals surface area contributed by atoms with Crippen molar-refractivity contribution >= 4 is 11.6 Å². The van der Waals surface area contributed by atoms with Crippen LogP contribution in [0.1, 0.15) is 18.4 Å². The third kappa shape index (κ3) is 3.80. The molecular weight excluding hydrogens is 344 g/mol. The van der Waals surface area contributed by atoms with E-state index in [2.05, 4.69) is 37.9 Å². The monoisotopic (exact) mass is 364 g/mol. The van der Waals surface area contributed by atoms with Gasteiger partial charge in [-0.25, -0.2) is 9.89 Å². The maximum atomic E-state index is 12.8. The van der Waals surface area contributed by atoms with Crippen molar-refractivity contribution in [2.24, 2.45) is 0 Å². The van der Waals surface area contributed by atoms with Crippen molar-refractivity contribution in [2.75, 3.05) is 11.9 Å². The van der Waals surface area contributed by atoms with Crippen LogP contribution in [0, 0.1) is 0 Å². The molecule has 8 nitrogen and oxygen atoms in total. The van der Waals surface area contributed by atoms with Crippen LogP contribution in [0.25, 0.3) is 5.69 Å². The molecule has 1 saturated heterocycles. The van der Waals surface area contributed by atoms with Crippen LogP contribution in [0.2, 0.25) is 0 Å². The molecule has 1 unspecified atom stereocenters. The van der Waals surface area contributed by atoms with Crippen LogP contribution in [0.5, 0.6) is 0 Å². The molecule has 138 valence electrons. The highest BCUT2D eigenvalue weighted by atomic mass is 16.2. The minimum absolute atomic E-state index is 0.0342. The average Bonchev–Trinajstić information content (AvgIpc) is 3.32. The van der Waals surface area contributed by atoms with Gasteiger partial charge in [-0.2, -0.15) is 4.68 Å². The zero-order valence-corrected chi connectivity index (χ0v) is 14.7. The van der Waals surface area contributed by atoms with Gasteiger partial charge in [-0.15, -0.1) is 0 Å². The number of aromatic nitrogens is 4. The SMILES string of the molecule is O=C(Nc1cccc(-n2nn[nH]c2=O)c1)C1CCCN1Cc1ccccc1. The Labute approximate surface area is 155 Å². The number of tetrazole rings is 1. The molecule has 3 aromatic rings. The second-order valence-corrected chi connectivity index (χ2v) is 6.57. The van der Waals surface area contributed by atoms with Crippen LogP contribution in [0.15, 0.2) is 59.4 Å². The van der Waals surface area contributed by atoms with E-state index in [-0.39, 0.29) is 11.9 Å². The molecular formula is C19H20N6O2. The third-order valence-corrected chi connectivity index (χ3v) is 4.73. The van der Waals surface area contributed by atoms with Crippen molar-refractivity contribution in [3.8, 4) is 5.69 Å². The number of hydrogen-bond donors (Lipinski definition) is 2. The zero-order chi connectivity index (χ0) is 18.6. The lowest BCUT2D eigenvalue weighted by Crippen LogP contribution is -2.39. The van der Waals surface area contributed by atoms with E-state index in [1.54, 1.807) is 24.3 Å². The molecule has 4 rings (SSSR count). The Morgan fingerprint density at radius 2 is 2.04 bits per heavy atom. The molecule has 0 radical (unpaired) electrons. The maximum absolute atomic E-state index is 12.8. The molecule has 0 bridgehead atoms. The quantitative estimate of drug-likeness (QED) is 0.716. The number of hydrogen-bond acceptors (Lipinski definition) is 5. The number of carbonyl (C=O) groups excluding carboxylic acids is 1. The number of rotatable bonds is 5. The lowest BCUT2D eigenvalue weighted by Gasteiger charge is -2.23. The zero-order valence-electron chi connectivity index (χ0n) is 14.7. The summed E-state index contributed by atoms with van der Waals surface area (Å²) in [6.07, 6.45) is 1.83. The van der Waals surface area contributed by atoms with Crippen LogP contribution < -0.4 is 11.0 Å². The first kappa shape index (κ1) is 17.2. The van der Waals surface area contributed by atoms with E-state index in [4.69, 9.17) is 0 Å². The fourth-order valence-electron chi connectivity index (χ4n) is 3.44. The second kappa shape index (κ2) is 7.55. The molecule has 1 fully saturated rings. The van der Waals surface area contributed by atoms with E-state index in [1.807, 2.05) is 18.2 Å². The highest BCUT2D eigenvalue weighted by Crippen LogP contribution is 2.22. The Morgan fingerprint density at radius 1 is 1.19 bits per heavy atom. The van der Waals surface area contributed by atoms with Gasteiger partial charge >= 0.3 is 5.69 Å². The lowest BCUT2D eigenvalue weighted by molar-refractivity contribution is -0.120. The summed E-state index contributed by atoms with van der Waals surface area (Å²) in [5.41, 5.74) is 1.94. The van der Waals surface area contributed by atoms with E-state index in [0.29, 0.717) is 11.4 Å². The summed E-state index contributed by atoms with van der Waals surface area (Å²) >= 11 is 0.